The molecule has 2 rings (SSSR count). The van der Waals surface area contributed by atoms with Crippen molar-refractivity contribution in [3.8, 4) is 0 Å². The molecule has 0 radical (unpaired) electrons. The topological polar surface area (TPSA) is 29.1 Å². The predicted molar refractivity (Wildman–Crippen MR) is 73.5 cm³/mol. The van der Waals surface area contributed by atoms with Crippen molar-refractivity contribution < 1.29 is 9.18 Å². The van der Waals surface area contributed by atoms with Crippen LogP contribution in [-0.4, -0.2) is 5.91 Å². The van der Waals surface area contributed by atoms with Gasteiger partial charge >= 0.3 is 0 Å². The minimum atomic E-state index is -0.303. The van der Waals surface area contributed by atoms with Gasteiger partial charge in [0.15, 0.2) is 0 Å². The van der Waals surface area contributed by atoms with Crippen molar-refractivity contribution in [2.75, 3.05) is 0 Å². The summed E-state index contributed by atoms with van der Waals surface area (Å²) >= 11 is 0. The lowest BCUT2D eigenvalue weighted by atomic mass is 10.1. The maximum Gasteiger partial charge on any atom is 0.251 e. The second kappa shape index (κ2) is 5.65. The molecule has 1 N–H and O–H groups in total. The van der Waals surface area contributed by atoms with Crippen LogP contribution in [0.25, 0.3) is 0 Å². The SMILES string of the molecule is Cc1cc(C)cc(C(=O)NCc2ccccc2F)c1. The van der Waals surface area contributed by atoms with E-state index >= 15 is 0 Å². The Morgan fingerprint density at radius 1 is 1.11 bits per heavy atom. The molecule has 2 nitrogen and oxygen atoms in total. The Kier molecular flexibility index (Phi) is 3.95. The summed E-state index contributed by atoms with van der Waals surface area (Å²) in [4.78, 5) is 12.0. The Morgan fingerprint density at radius 2 is 1.74 bits per heavy atom. The number of aryl methyl sites for hydroxylation is 2. The highest BCUT2D eigenvalue weighted by Gasteiger charge is 2.07. The minimum Gasteiger partial charge on any atom is -0.348 e. The van der Waals surface area contributed by atoms with E-state index in [1.807, 2.05) is 32.0 Å². The Hall–Kier alpha value is -2.16. The van der Waals surface area contributed by atoms with Gasteiger partial charge in [0.2, 0.25) is 0 Å². The van der Waals surface area contributed by atoms with Crippen LogP contribution < -0.4 is 5.32 Å². The molecule has 19 heavy (non-hydrogen) atoms. The fourth-order valence-electron chi connectivity index (χ4n) is 2.03. The third kappa shape index (κ3) is 3.41. The van der Waals surface area contributed by atoms with Crippen molar-refractivity contribution in [3.63, 3.8) is 0 Å². The molecular weight excluding hydrogens is 241 g/mol. The first-order valence-electron chi connectivity index (χ1n) is 6.16. The highest BCUT2D eigenvalue weighted by atomic mass is 19.1. The van der Waals surface area contributed by atoms with Gasteiger partial charge in [-0.15, -0.1) is 0 Å². The summed E-state index contributed by atoms with van der Waals surface area (Å²) in [5, 5.41) is 2.73. The molecule has 0 aromatic heterocycles. The molecule has 0 saturated carbocycles. The smallest absolute Gasteiger partial charge is 0.251 e. The van der Waals surface area contributed by atoms with Crippen LogP contribution in [0.3, 0.4) is 0 Å². The largest absolute Gasteiger partial charge is 0.348 e. The zero-order chi connectivity index (χ0) is 13.8. The van der Waals surface area contributed by atoms with Gasteiger partial charge in [-0.3, -0.25) is 4.79 Å². The monoisotopic (exact) mass is 257 g/mol. The maximum atomic E-state index is 13.4. The third-order valence-electron chi connectivity index (χ3n) is 2.88. The van der Waals surface area contributed by atoms with Crippen LogP contribution in [0.2, 0.25) is 0 Å². The number of benzene rings is 2. The van der Waals surface area contributed by atoms with Crippen molar-refractivity contribution in [2.24, 2.45) is 0 Å². The number of hydrogen-bond acceptors (Lipinski definition) is 1. The highest BCUT2D eigenvalue weighted by molar-refractivity contribution is 5.94. The molecule has 0 saturated heterocycles. The van der Waals surface area contributed by atoms with Gasteiger partial charge in [0, 0.05) is 17.7 Å². The standard InChI is InChI=1S/C16H16FNO/c1-11-7-12(2)9-14(8-11)16(19)18-10-13-5-3-4-6-15(13)17/h3-9H,10H2,1-2H3,(H,18,19). The Labute approximate surface area is 112 Å². The van der Waals surface area contributed by atoms with Gasteiger partial charge in [0.1, 0.15) is 5.82 Å². The van der Waals surface area contributed by atoms with Crippen LogP contribution in [-0.2, 0) is 6.54 Å². The van der Waals surface area contributed by atoms with E-state index in [0.717, 1.165) is 11.1 Å². The van der Waals surface area contributed by atoms with Crippen LogP contribution in [0.1, 0.15) is 27.0 Å². The lowest BCUT2D eigenvalue weighted by molar-refractivity contribution is 0.0950. The van der Waals surface area contributed by atoms with Crippen LogP contribution in [0.15, 0.2) is 42.5 Å². The van der Waals surface area contributed by atoms with Gasteiger partial charge in [-0.2, -0.15) is 0 Å². The summed E-state index contributed by atoms with van der Waals surface area (Å²) in [6.45, 7) is 4.08. The van der Waals surface area contributed by atoms with Crippen molar-refractivity contribution in [2.45, 2.75) is 20.4 Å². The molecule has 0 heterocycles. The molecule has 0 spiro atoms. The van der Waals surface area contributed by atoms with Crippen LogP contribution in [0, 0.1) is 19.7 Å². The molecule has 0 aliphatic rings. The van der Waals surface area contributed by atoms with Gasteiger partial charge in [-0.05, 0) is 32.0 Å². The molecule has 0 unspecified atom stereocenters. The van der Waals surface area contributed by atoms with Gasteiger partial charge in [-0.25, -0.2) is 4.39 Å². The van der Waals surface area contributed by atoms with Crippen LogP contribution >= 0.6 is 0 Å². The molecular formula is C16H16FNO. The Bertz CT molecular complexity index is 587. The van der Waals surface area contributed by atoms with E-state index in [0.29, 0.717) is 11.1 Å². The first kappa shape index (κ1) is 13.3. The van der Waals surface area contributed by atoms with E-state index in [9.17, 15) is 9.18 Å². The van der Waals surface area contributed by atoms with Crippen molar-refractivity contribution in [1.82, 2.24) is 5.32 Å². The number of carbonyl (C=O) groups excluding carboxylic acids is 1. The lowest BCUT2D eigenvalue weighted by Crippen LogP contribution is -2.23. The van der Waals surface area contributed by atoms with Gasteiger partial charge in [-0.1, -0.05) is 35.4 Å². The van der Waals surface area contributed by atoms with Crippen LogP contribution in [0.5, 0.6) is 0 Å². The summed E-state index contributed by atoms with van der Waals surface area (Å²) in [7, 11) is 0. The van der Waals surface area contributed by atoms with Gasteiger partial charge < -0.3 is 5.32 Å². The zero-order valence-electron chi connectivity index (χ0n) is 11.0. The minimum absolute atomic E-state index is 0.185. The fraction of sp³-hybridized carbons (Fsp3) is 0.188. The van der Waals surface area contributed by atoms with Crippen LogP contribution in [0.4, 0.5) is 4.39 Å². The molecule has 2 aromatic rings. The average Bonchev–Trinajstić information content (AvgIpc) is 2.36. The lowest BCUT2D eigenvalue weighted by Gasteiger charge is -2.08. The number of carbonyl (C=O) groups is 1. The highest BCUT2D eigenvalue weighted by Crippen LogP contribution is 2.10. The summed E-state index contributed by atoms with van der Waals surface area (Å²) < 4.78 is 13.4. The van der Waals surface area contributed by atoms with E-state index in [2.05, 4.69) is 5.32 Å². The Balaban J connectivity index is 2.08. The molecule has 0 aliphatic heterocycles. The van der Waals surface area contributed by atoms with E-state index in [-0.39, 0.29) is 18.3 Å². The summed E-state index contributed by atoms with van der Waals surface area (Å²) in [5.74, 6) is -0.488. The predicted octanol–water partition coefficient (Wildman–Crippen LogP) is 3.37. The molecule has 3 heteroatoms. The summed E-state index contributed by atoms with van der Waals surface area (Å²) in [6, 6.07) is 12.1. The summed E-state index contributed by atoms with van der Waals surface area (Å²) in [5.41, 5.74) is 3.17. The van der Waals surface area contributed by atoms with Gasteiger partial charge in [0.05, 0.1) is 0 Å². The molecule has 98 valence electrons. The average molecular weight is 257 g/mol. The van der Waals surface area contributed by atoms with E-state index in [1.54, 1.807) is 18.2 Å². The number of rotatable bonds is 3. The second-order valence-electron chi connectivity index (χ2n) is 4.65. The maximum absolute atomic E-state index is 13.4. The van der Waals surface area contributed by atoms with E-state index < -0.39 is 0 Å². The Morgan fingerprint density at radius 3 is 2.37 bits per heavy atom. The molecule has 0 aliphatic carbocycles. The van der Waals surface area contributed by atoms with E-state index in [4.69, 9.17) is 0 Å². The molecule has 0 fully saturated rings. The third-order valence-corrected chi connectivity index (χ3v) is 2.88. The quantitative estimate of drug-likeness (QED) is 0.897. The van der Waals surface area contributed by atoms with Crippen molar-refractivity contribution in [1.29, 1.82) is 0 Å². The molecule has 0 bridgehead atoms. The molecule has 0 atom stereocenters. The number of hydrogen-bond donors (Lipinski definition) is 1. The second-order valence-corrected chi connectivity index (χ2v) is 4.65. The summed E-state index contributed by atoms with van der Waals surface area (Å²) in [6.07, 6.45) is 0. The number of nitrogens with one attached hydrogen (secondary N) is 1. The van der Waals surface area contributed by atoms with Crippen molar-refractivity contribution in [3.05, 3.63) is 70.5 Å². The molecule has 2 aromatic carbocycles. The molecule has 1 amide bonds. The fourth-order valence-corrected chi connectivity index (χ4v) is 2.03. The van der Waals surface area contributed by atoms with Gasteiger partial charge in [0.25, 0.3) is 5.91 Å². The van der Waals surface area contributed by atoms with E-state index in [1.165, 1.54) is 6.07 Å². The first-order valence-corrected chi connectivity index (χ1v) is 6.16. The first-order chi connectivity index (χ1) is 9.06. The van der Waals surface area contributed by atoms with Crippen molar-refractivity contribution >= 4 is 5.91 Å². The normalized spacial score (nSPS) is 10.3. The zero-order valence-corrected chi connectivity index (χ0v) is 11.0. The number of amides is 1. The number of halogens is 1.